The van der Waals surface area contributed by atoms with Gasteiger partial charge < -0.3 is 19.8 Å². The van der Waals surface area contributed by atoms with Gasteiger partial charge in [0.25, 0.3) is 0 Å². The van der Waals surface area contributed by atoms with E-state index in [9.17, 15) is 4.39 Å². The number of rotatable bonds is 5. The van der Waals surface area contributed by atoms with Gasteiger partial charge in [-0.25, -0.2) is 9.37 Å². The smallest absolute Gasteiger partial charge is 0.163 e. The molecule has 0 amide bonds. The number of nitrogens with zero attached hydrogens (tertiary/aromatic N) is 2. The van der Waals surface area contributed by atoms with Crippen molar-refractivity contribution in [2.45, 2.75) is 19.4 Å². The molecule has 0 atom stereocenters. The zero-order chi connectivity index (χ0) is 17.2. The Morgan fingerprint density at radius 3 is 2.64 bits per heavy atom. The minimum atomic E-state index is -0.216. The molecule has 5 nitrogen and oxygen atoms in total. The van der Waals surface area contributed by atoms with Gasteiger partial charge in [-0.05, 0) is 19.0 Å². The minimum Gasteiger partial charge on any atom is -0.486 e. The fraction of sp³-hybridized carbons (Fsp3) is 0.316. The van der Waals surface area contributed by atoms with Crippen molar-refractivity contribution in [3.63, 3.8) is 0 Å². The first-order chi connectivity index (χ1) is 12.3. The molecule has 2 N–H and O–H groups in total. The Kier molecular flexibility index (Phi) is 4.28. The van der Waals surface area contributed by atoms with Gasteiger partial charge in [-0.1, -0.05) is 18.2 Å². The summed E-state index contributed by atoms with van der Waals surface area (Å²) in [5.74, 6) is 2.09. The summed E-state index contributed by atoms with van der Waals surface area (Å²) in [7, 11) is 0. The predicted octanol–water partition coefficient (Wildman–Crippen LogP) is 2.89. The van der Waals surface area contributed by atoms with E-state index in [0.29, 0.717) is 43.4 Å². The zero-order valence-electron chi connectivity index (χ0n) is 13.9. The van der Waals surface area contributed by atoms with Crippen LogP contribution >= 0.6 is 0 Å². The Labute approximate surface area is 145 Å². The summed E-state index contributed by atoms with van der Waals surface area (Å²) < 4.78 is 27.5. The molecule has 0 spiro atoms. The molecule has 3 aromatic rings. The molecule has 130 valence electrons. The van der Waals surface area contributed by atoms with Gasteiger partial charge in [-0.15, -0.1) is 0 Å². The summed E-state index contributed by atoms with van der Waals surface area (Å²) in [6.07, 6.45) is 1.57. The second-order valence-corrected chi connectivity index (χ2v) is 6.08. The maximum absolute atomic E-state index is 14.1. The number of fused-ring (bicyclic) bond motifs is 2. The van der Waals surface area contributed by atoms with Gasteiger partial charge in [0.2, 0.25) is 0 Å². The van der Waals surface area contributed by atoms with Crippen LogP contribution in [0.25, 0.3) is 11.0 Å². The summed E-state index contributed by atoms with van der Waals surface area (Å²) >= 11 is 0. The van der Waals surface area contributed by atoms with Crippen LogP contribution in [-0.4, -0.2) is 29.3 Å². The van der Waals surface area contributed by atoms with Crippen molar-refractivity contribution in [2.24, 2.45) is 5.73 Å². The molecule has 0 bridgehead atoms. The van der Waals surface area contributed by atoms with Crippen LogP contribution in [-0.2, 0) is 13.0 Å². The third-order valence-electron chi connectivity index (χ3n) is 4.38. The second kappa shape index (κ2) is 6.72. The number of hydrogen-bond acceptors (Lipinski definition) is 4. The number of halogens is 1. The fourth-order valence-electron chi connectivity index (χ4n) is 3.14. The number of hydrogen-bond donors (Lipinski definition) is 1. The number of imidazole rings is 1. The maximum Gasteiger partial charge on any atom is 0.163 e. The summed E-state index contributed by atoms with van der Waals surface area (Å²) in [5.41, 5.74) is 8.03. The third-order valence-corrected chi connectivity index (χ3v) is 4.38. The Balaban J connectivity index is 1.82. The molecule has 0 saturated heterocycles. The molecule has 1 aromatic heterocycles. The van der Waals surface area contributed by atoms with Gasteiger partial charge in [0.1, 0.15) is 24.9 Å². The lowest BCUT2D eigenvalue weighted by Gasteiger charge is -2.18. The highest BCUT2D eigenvalue weighted by molar-refractivity contribution is 5.81. The van der Waals surface area contributed by atoms with Crippen LogP contribution in [0.2, 0.25) is 0 Å². The molecule has 2 heterocycles. The van der Waals surface area contributed by atoms with Crippen LogP contribution in [0.5, 0.6) is 11.5 Å². The summed E-state index contributed by atoms with van der Waals surface area (Å²) in [5, 5.41) is 0. The normalized spacial score (nSPS) is 13.4. The molecule has 25 heavy (non-hydrogen) atoms. The molecular formula is C19H20FN3O2. The van der Waals surface area contributed by atoms with Gasteiger partial charge in [0.15, 0.2) is 11.5 Å². The highest BCUT2D eigenvalue weighted by Crippen LogP contribution is 2.35. The summed E-state index contributed by atoms with van der Waals surface area (Å²) in [6, 6.07) is 10.6. The lowest BCUT2D eigenvalue weighted by atomic mass is 10.2. The number of aromatic nitrogens is 2. The first-order valence-corrected chi connectivity index (χ1v) is 8.48. The second-order valence-electron chi connectivity index (χ2n) is 6.08. The monoisotopic (exact) mass is 341 g/mol. The Hall–Kier alpha value is -2.60. The predicted molar refractivity (Wildman–Crippen MR) is 93.6 cm³/mol. The average molecular weight is 341 g/mol. The van der Waals surface area contributed by atoms with Crippen LogP contribution in [0, 0.1) is 5.82 Å². The number of aryl methyl sites for hydroxylation is 1. The van der Waals surface area contributed by atoms with Gasteiger partial charge in [-0.2, -0.15) is 0 Å². The molecular weight excluding hydrogens is 321 g/mol. The number of benzene rings is 2. The van der Waals surface area contributed by atoms with Crippen molar-refractivity contribution in [1.82, 2.24) is 9.55 Å². The van der Waals surface area contributed by atoms with E-state index >= 15 is 0 Å². The summed E-state index contributed by atoms with van der Waals surface area (Å²) in [6.45, 7) is 2.07. The van der Waals surface area contributed by atoms with Crippen LogP contribution in [0.15, 0.2) is 36.4 Å². The van der Waals surface area contributed by atoms with Crippen molar-refractivity contribution in [3.05, 3.63) is 53.6 Å². The van der Waals surface area contributed by atoms with Gasteiger partial charge in [-0.3, -0.25) is 0 Å². The molecule has 1 aliphatic heterocycles. The molecule has 0 radical (unpaired) electrons. The lowest BCUT2D eigenvalue weighted by Crippen LogP contribution is -2.15. The van der Waals surface area contributed by atoms with E-state index in [1.54, 1.807) is 12.1 Å². The van der Waals surface area contributed by atoms with E-state index in [2.05, 4.69) is 0 Å². The molecule has 2 aromatic carbocycles. The zero-order valence-corrected chi connectivity index (χ0v) is 13.9. The molecule has 0 aliphatic carbocycles. The van der Waals surface area contributed by atoms with Crippen LogP contribution in [0.3, 0.4) is 0 Å². The maximum atomic E-state index is 14.1. The van der Waals surface area contributed by atoms with Crippen molar-refractivity contribution in [3.8, 4) is 11.5 Å². The molecule has 0 saturated carbocycles. The highest BCUT2D eigenvalue weighted by Gasteiger charge is 2.18. The van der Waals surface area contributed by atoms with E-state index in [1.807, 2.05) is 22.8 Å². The topological polar surface area (TPSA) is 62.3 Å². The van der Waals surface area contributed by atoms with E-state index in [-0.39, 0.29) is 5.82 Å². The lowest BCUT2D eigenvalue weighted by molar-refractivity contribution is 0.172. The van der Waals surface area contributed by atoms with Crippen molar-refractivity contribution in [2.75, 3.05) is 19.8 Å². The number of nitrogens with two attached hydrogens (primary N) is 1. The van der Waals surface area contributed by atoms with E-state index in [0.717, 1.165) is 29.7 Å². The Morgan fingerprint density at radius 2 is 1.88 bits per heavy atom. The van der Waals surface area contributed by atoms with E-state index in [4.69, 9.17) is 20.2 Å². The third kappa shape index (κ3) is 3.05. The standard InChI is InChI=1S/C19H20FN3O2/c20-14-5-2-1-4-13(14)12-23-16-11-18-17(24-8-9-25-18)10-15(16)22-19(23)6-3-7-21/h1-2,4-5,10-11H,3,6-9,12,21H2. The largest absolute Gasteiger partial charge is 0.486 e. The van der Waals surface area contributed by atoms with E-state index < -0.39 is 0 Å². The Bertz CT molecular complexity index is 907. The van der Waals surface area contributed by atoms with Crippen molar-refractivity contribution in [1.29, 1.82) is 0 Å². The van der Waals surface area contributed by atoms with Gasteiger partial charge >= 0.3 is 0 Å². The highest BCUT2D eigenvalue weighted by atomic mass is 19.1. The quantitative estimate of drug-likeness (QED) is 0.775. The average Bonchev–Trinajstić information content (AvgIpc) is 2.96. The van der Waals surface area contributed by atoms with Gasteiger partial charge in [0.05, 0.1) is 17.6 Å². The summed E-state index contributed by atoms with van der Waals surface area (Å²) in [4.78, 5) is 4.73. The molecule has 0 unspecified atom stereocenters. The molecule has 1 aliphatic rings. The van der Waals surface area contributed by atoms with Crippen molar-refractivity contribution >= 4 is 11.0 Å². The van der Waals surface area contributed by atoms with Crippen LogP contribution in [0.1, 0.15) is 17.8 Å². The SMILES string of the molecule is NCCCc1nc2cc3c(cc2n1Cc1ccccc1F)OCCO3. The molecule has 6 heteroatoms. The first-order valence-electron chi connectivity index (χ1n) is 8.48. The van der Waals surface area contributed by atoms with Crippen LogP contribution in [0.4, 0.5) is 4.39 Å². The van der Waals surface area contributed by atoms with Crippen LogP contribution < -0.4 is 15.2 Å². The minimum absolute atomic E-state index is 0.216. The van der Waals surface area contributed by atoms with Crippen molar-refractivity contribution < 1.29 is 13.9 Å². The molecule has 4 rings (SSSR count). The fourth-order valence-corrected chi connectivity index (χ4v) is 3.14. The Morgan fingerprint density at radius 1 is 1.12 bits per heavy atom. The molecule has 0 fully saturated rings. The van der Waals surface area contributed by atoms with E-state index in [1.165, 1.54) is 6.07 Å². The first kappa shape index (κ1) is 15.9. The number of ether oxygens (including phenoxy) is 2. The van der Waals surface area contributed by atoms with Gasteiger partial charge in [0, 0.05) is 24.1 Å².